The summed E-state index contributed by atoms with van der Waals surface area (Å²) in [6.07, 6.45) is 6.50. The molecule has 1 aromatic rings. The molecule has 1 aromatic carbocycles. The van der Waals surface area contributed by atoms with Crippen LogP contribution in [-0.4, -0.2) is 29.6 Å². The van der Waals surface area contributed by atoms with Gasteiger partial charge in [-0.05, 0) is 56.7 Å². The van der Waals surface area contributed by atoms with E-state index < -0.39 is 5.97 Å². The van der Waals surface area contributed by atoms with Gasteiger partial charge in [0.15, 0.2) is 17.6 Å². The van der Waals surface area contributed by atoms with Gasteiger partial charge in [0.1, 0.15) is 11.3 Å². The smallest absolute Gasteiger partial charge is 0.347 e. The van der Waals surface area contributed by atoms with E-state index in [-0.39, 0.29) is 17.8 Å². The zero-order valence-corrected chi connectivity index (χ0v) is 22.0. The molecule has 1 heterocycles. The Kier molecular flexibility index (Phi) is 12.4. The van der Waals surface area contributed by atoms with Gasteiger partial charge in [-0.2, -0.15) is 0 Å². The second kappa shape index (κ2) is 14.2. The fourth-order valence-corrected chi connectivity index (χ4v) is 3.88. The van der Waals surface area contributed by atoms with Crippen LogP contribution in [0.1, 0.15) is 107 Å². The number of rotatable bonds is 5. The third-order valence-corrected chi connectivity index (χ3v) is 5.87. The Hall–Kier alpha value is -2.14. The number of Topliss-reactive ketones (excluding diaryl/α,β-unsaturated/α-hetero) is 1. The molecule has 2 aliphatic rings. The number of esters is 1. The maximum atomic E-state index is 12.8. The molecule has 0 saturated carbocycles. The molecule has 0 radical (unpaired) electrons. The number of allylic oxidation sites excluding steroid dienone is 1. The fourth-order valence-electron chi connectivity index (χ4n) is 3.88. The second-order valence-corrected chi connectivity index (χ2v) is 9.09. The van der Waals surface area contributed by atoms with Gasteiger partial charge in [-0.1, -0.05) is 59.9 Å². The molecule has 186 valence electrons. The van der Waals surface area contributed by atoms with Crippen LogP contribution in [0.25, 0.3) is 0 Å². The van der Waals surface area contributed by atoms with Crippen LogP contribution in [-0.2, 0) is 16.0 Å². The lowest BCUT2D eigenvalue weighted by Gasteiger charge is -2.29. The molecule has 2 unspecified atom stereocenters. The van der Waals surface area contributed by atoms with Gasteiger partial charge >= 0.3 is 5.97 Å². The monoisotopic (exact) mass is 460 g/mol. The minimum absolute atomic E-state index is 0.0241. The molecule has 0 amide bonds. The highest BCUT2D eigenvalue weighted by molar-refractivity contribution is 6.00. The highest BCUT2D eigenvalue weighted by Gasteiger charge is 2.40. The van der Waals surface area contributed by atoms with Gasteiger partial charge in [0.05, 0.1) is 0 Å². The number of unbranched alkanes of at least 4 members (excludes halogenated alkanes) is 2. The lowest BCUT2D eigenvalue weighted by molar-refractivity contribution is -0.118. The van der Waals surface area contributed by atoms with Crippen molar-refractivity contribution in [1.29, 1.82) is 0 Å². The number of ether oxygens (including phenoxy) is 2. The van der Waals surface area contributed by atoms with Gasteiger partial charge in [-0.3, -0.25) is 4.79 Å². The lowest BCUT2D eigenvalue weighted by atomic mass is 9.86. The van der Waals surface area contributed by atoms with Gasteiger partial charge in [-0.25, -0.2) is 4.79 Å². The first-order valence-corrected chi connectivity index (χ1v) is 12.5. The summed E-state index contributed by atoms with van der Waals surface area (Å²) in [7, 11) is 0. The van der Waals surface area contributed by atoms with Crippen molar-refractivity contribution in [3.63, 3.8) is 0 Å². The van der Waals surface area contributed by atoms with E-state index in [4.69, 9.17) is 14.6 Å². The Bertz CT molecular complexity index is 835. The predicted octanol–water partition coefficient (Wildman–Crippen LogP) is 6.64. The molecule has 1 N–H and O–H groups in total. The Balaban J connectivity index is 0.000000591. The lowest BCUT2D eigenvalue weighted by Crippen LogP contribution is -2.35. The van der Waals surface area contributed by atoms with Crippen molar-refractivity contribution in [1.82, 2.24) is 0 Å². The number of hydrogen-bond donors (Lipinski definition) is 1. The minimum atomic E-state index is -0.420. The third-order valence-electron chi connectivity index (χ3n) is 5.87. The number of aryl methyl sites for hydroxylation is 2. The molecule has 5 heteroatoms. The van der Waals surface area contributed by atoms with Crippen molar-refractivity contribution in [3.05, 3.63) is 39.7 Å². The summed E-state index contributed by atoms with van der Waals surface area (Å²) in [5, 5.41) is 8.07. The molecule has 1 aliphatic heterocycles. The Morgan fingerprint density at radius 1 is 1.03 bits per heavy atom. The van der Waals surface area contributed by atoms with Gasteiger partial charge < -0.3 is 14.6 Å². The molecule has 0 fully saturated rings. The normalized spacial score (nSPS) is 19.1. The van der Waals surface area contributed by atoms with Crippen LogP contribution in [0.3, 0.4) is 0 Å². The molecular formula is C28H44O5. The van der Waals surface area contributed by atoms with E-state index in [0.717, 1.165) is 43.2 Å². The number of carbonyl (C=O) groups is 2. The molecule has 0 aromatic heterocycles. The first-order chi connectivity index (χ1) is 15.7. The highest BCUT2D eigenvalue weighted by Crippen LogP contribution is 2.40. The maximum absolute atomic E-state index is 12.8. The molecule has 33 heavy (non-hydrogen) atoms. The maximum Gasteiger partial charge on any atom is 0.347 e. The van der Waals surface area contributed by atoms with Crippen LogP contribution in [0.4, 0.5) is 0 Å². The molecular weight excluding hydrogens is 416 g/mol. The number of aliphatic hydroxyl groups excluding tert-OH is 1. The topological polar surface area (TPSA) is 72.8 Å². The van der Waals surface area contributed by atoms with Crippen molar-refractivity contribution < 1.29 is 24.2 Å². The van der Waals surface area contributed by atoms with E-state index in [2.05, 4.69) is 33.8 Å². The van der Waals surface area contributed by atoms with Crippen LogP contribution >= 0.6 is 0 Å². The quantitative estimate of drug-likeness (QED) is 0.499. The first-order valence-electron chi connectivity index (χ1n) is 12.5. The first kappa shape index (κ1) is 28.9. The zero-order chi connectivity index (χ0) is 25.1. The molecule has 0 bridgehead atoms. The van der Waals surface area contributed by atoms with E-state index in [9.17, 15) is 9.59 Å². The fraction of sp³-hybridized carbons (Fsp3) is 0.643. The van der Waals surface area contributed by atoms with Crippen LogP contribution < -0.4 is 4.74 Å². The van der Waals surface area contributed by atoms with Crippen molar-refractivity contribution >= 4 is 11.8 Å². The highest BCUT2D eigenvalue weighted by atomic mass is 16.6. The van der Waals surface area contributed by atoms with Crippen LogP contribution in [0.5, 0.6) is 5.75 Å². The second-order valence-electron chi connectivity index (χ2n) is 9.09. The van der Waals surface area contributed by atoms with E-state index in [1.807, 2.05) is 20.8 Å². The average Bonchev–Trinajstić information content (AvgIpc) is 2.92. The SMILES string of the molecule is CCC.CCCCO.CCCCc1cc(C)c2c(c1C)OC1C(=C(C)C(=O)CC1C)OC2=O. The number of carbonyl (C=O) groups excluding carboxylic acids is 2. The summed E-state index contributed by atoms with van der Waals surface area (Å²) >= 11 is 0. The molecule has 3 rings (SSSR count). The van der Waals surface area contributed by atoms with E-state index in [1.54, 1.807) is 6.92 Å². The minimum Gasteiger partial charge on any atom is -0.481 e. The molecule has 2 atom stereocenters. The molecule has 0 saturated heterocycles. The summed E-state index contributed by atoms with van der Waals surface area (Å²) in [4.78, 5) is 24.9. The summed E-state index contributed by atoms with van der Waals surface area (Å²) < 4.78 is 12.0. The number of fused-ring (bicyclic) bond motifs is 2. The molecule has 5 nitrogen and oxygen atoms in total. The predicted molar refractivity (Wildman–Crippen MR) is 134 cm³/mol. The van der Waals surface area contributed by atoms with Crippen molar-refractivity contribution in [2.45, 2.75) is 106 Å². The number of aliphatic hydroxyl groups is 1. The largest absolute Gasteiger partial charge is 0.481 e. The number of ketones is 1. The standard InChI is InChI=1S/C21H26O4.C4H10O.C3H8/c1-6-7-8-15-9-11(2)17-19(13(15)4)24-18-12(3)10-16(22)14(5)20(18)25-21(17)23;1-2-3-4-5;1-3-2/h9,12,18H,6-8,10H2,1-5H3;5H,2-4H2,1H3;3H2,1-2H3. The molecule has 1 aliphatic carbocycles. The number of benzene rings is 1. The van der Waals surface area contributed by atoms with Gasteiger partial charge in [-0.15, -0.1) is 0 Å². The summed E-state index contributed by atoms with van der Waals surface area (Å²) in [6.45, 7) is 16.4. The number of hydrogen-bond acceptors (Lipinski definition) is 5. The van der Waals surface area contributed by atoms with Gasteiger partial charge in [0.25, 0.3) is 0 Å². The molecule has 0 spiro atoms. The van der Waals surface area contributed by atoms with Gasteiger partial charge in [0.2, 0.25) is 0 Å². The van der Waals surface area contributed by atoms with E-state index >= 15 is 0 Å². The third kappa shape index (κ3) is 7.43. The van der Waals surface area contributed by atoms with Crippen LogP contribution in [0.2, 0.25) is 0 Å². The van der Waals surface area contributed by atoms with Gasteiger partial charge in [0, 0.05) is 24.5 Å². The van der Waals surface area contributed by atoms with Crippen molar-refractivity contribution in [3.8, 4) is 5.75 Å². The van der Waals surface area contributed by atoms with Crippen LogP contribution in [0.15, 0.2) is 17.4 Å². The average molecular weight is 461 g/mol. The van der Waals surface area contributed by atoms with Crippen LogP contribution in [0, 0.1) is 19.8 Å². The summed E-state index contributed by atoms with van der Waals surface area (Å²) in [6, 6.07) is 2.07. The summed E-state index contributed by atoms with van der Waals surface area (Å²) in [5.74, 6) is 0.600. The zero-order valence-electron chi connectivity index (χ0n) is 22.0. The Labute approximate surface area is 200 Å². The van der Waals surface area contributed by atoms with Crippen molar-refractivity contribution in [2.24, 2.45) is 5.92 Å². The van der Waals surface area contributed by atoms with E-state index in [1.165, 1.54) is 12.0 Å². The Morgan fingerprint density at radius 3 is 2.15 bits per heavy atom. The summed E-state index contributed by atoms with van der Waals surface area (Å²) in [5.41, 5.74) is 4.09. The van der Waals surface area contributed by atoms with Crippen molar-refractivity contribution in [2.75, 3.05) is 6.61 Å². The van der Waals surface area contributed by atoms with E-state index in [0.29, 0.717) is 35.7 Å². The Morgan fingerprint density at radius 2 is 1.64 bits per heavy atom.